The number of piperidine rings is 1. The van der Waals surface area contributed by atoms with Crippen molar-refractivity contribution < 1.29 is 4.74 Å². The third kappa shape index (κ3) is 9.43. The maximum absolute atomic E-state index is 5.82. The van der Waals surface area contributed by atoms with Crippen molar-refractivity contribution >= 4 is 29.9 Å². The van der Waals surface area contributed by atoms with E-state index in [1.54, 1.807) is 0 Å². The molecule has 6 heteroatoms. The minimum absolute atomic E-state index is 0. The molecule has 0 saturated carbocycles. The maximum atomic E-state index is 5.82. The molecule has 0 aliphatic carbocycles. The summed E-state index contributed by atoms with van der Waals surface area (Å²) >= 11 is 0. The first-order valence-corrected chi connectivity index (χ1v) is 10.1. The molecule has 25 heavy (non-hydrogen) atoms. The number of hydrogen-bond donors (Lipinski definition) is 2. The molecule has 0 spiro atoms. The number of likely N-dealkylation sites (tertiary alicyclic amines) is 1. The van der Waals surface area contributed by atoms with Crippen LogP contribution in [0.2, 0.25) is 0 Å². The molecule has 0 aromatic carbocycles. The lowest BCUT2D eigenvalue weighted by Gasteiger charge is -2.26. The number of hydrogen-bond acceptors (Lipinski definition) is 3. The number of unbranched alkanes of at least 4 members (excludes halogenated alkanes) is 2. The van der Waals surface area contributed by atoms with Gasteiger partial charge in [-0.25, -0.2) is 0 Å². The molecule has 2 rings (SSSR count). The van der Waals surface area contributed by atoms with E-state index in [0.29, 0.717) is 0 Å². The summed E-state index contributed by atoms with van der Waals surface area (Å²) in [6.45, 7) is 11.7. The van der Waals surface area contributed by atoms with Gasteiger partial charge in [-0.05, 0) is 72.0 Å². The molecule has 0 bridgehead atoms. The zero-order valence-electron chi connectivity index (χ0n) is 16.3. The van der Waals surface area contributed by atoms with Crippen LogP contribution in [0.4, 0.5) is 0 Å². The number of rotatable bonds is 9. The molecule has 2 saturated heterocycles. The summed E-state index contributed by atoms with van der Waals surface area (Å²) in [7, 11) is 0. The second-order valence-electron chi connectivity index (χ2n) is 7.49. The lowest BCUT2D eigenvalue weighted by molar-refractivity contribution is 0.0283. The molecule has 0 amide bonds. The van der Waals surface area contributed by atoms with Gasteiger partial charge in [0.25, 0.3) is 0 Å². The molecule has 1 unspecified atom stereocenters. The first kappa shape index (κ1) is 23.0. The molecular weight excluding hydrogens is 427 g/mol. The van der Waals surface area contributed by atoms with Gasteiger partial charge in [0.05, 0.1) is 12.1 Å². The van der Waals surface area contributed by atoms with Crippen LogP contribution in [0, 0.1) is 0 Å². The monoisotopic (exact) mass is 466 g/mol. The summed E-state index contributed by atoms with van der Waals surface area (Å²) in [5.74, 6) is 0.935. The molecule has 2 aliphatic heterocycles. The number of ether oxygens (including phenoxy) is 1. The van der Waals surface area contributed by atoms with Gasteiger partial charge in [0.1, 0.15) is 0 Å². The van der Waals surface area contributed by atoms with Crippen LogP contribution in [0.15, 0.2) is 4.99 Å². The fourth-order valence-electron chi connectivity index (χ4n) is 3.58. The van der Waals surface area contributed by atoms with Crippen molar-refractivity contribution in [2.24, 2.45) is 4.99 Å². The van der Waals surface area contributed by atoms with E-state index in [0.717, 1.165) is 45.0 Å². The van der Waals surface area contributed by atoms with Crippen LogP contribution in [-0.4, -0.2) is 62.3 Å². The Hall–Kier alpha value is -0.0800. The Balaban J connectivity index is 0.00000312. The van der Waals surface area contributed by atoms with Gasteiger partial charge in [-0.15, -0.1) is 24.0 Å². The normalized spacial score (nSPS) is 24.8. The van der Waals surface area contributed by atoms with Crippen molar-refractivity contribution in [3.05, 3.63) is 0 Å². The average Bonchev–Trinajstić information content (AvgIpc) is 3.03. The molecule has 0 aromatic rings. The van der Waals surface area contributed by atoms with E-state index >= 15 is 0 Å². The van der Waals surface area contributed by atoms with Gasteiger partial charge in [0, 0.05) is 19.7 Å². The van der Waals surface area contributed by atoms with Gasteiger partial charge < -0.3 is 20.3 Å². The topological polar surface area (TPSA) is 48.9 Å². The van der Waals surface area contributed by atoms with Gasteiger partial charge in [-0.3, -0.25) is 4.99 Å². The van der Waals surface area contributed by atoms with Gasteiger partial charge in [0.15, 0.2) is 5.96 Å². The second-order valence-corrected chi connectivity index (χ2v) is 7.49. The Kier molecular flexibility index (Phi) is 12.1. The van der Waals surface area contributed by atoms with Crippen molar-refractivity contribution in [1.82, 2.24) is 15.5 Å². The van der Waals surface area contributed by atoms with Crippen LogP contribution in [0.1, 0.15) is 65.2 Å². The van der Waals surface area contributed by atoms with E-state index in [1.165, 1.54) is 58.2 Å². The lowest BCUT2D eigenvalue weighted by atomic mass is 10.0. The van der Waals surface area contributed by atoms with Crippen LogP contribution in [0.25, 0.3) is 0 Å². The summed E-state index contributed by atoms with van der Waals surface area (Å²) in [5, 5.41) is 6.81. The quantitative estimate of drug-likeness (QED) is 0.237. The molecule has 2 fully saturated rings. The molecule has 5 nitrogen and oxygen atoms in total. The minimum atomic E-state index is -0.0587. The summed E-state index contributed by atoms with van der Waals surface area (Å²) in [4.78, 5) is 7.35. The number of guanidine groups is 1. The van der Waals surface area contributed by atoms with Gasteiger partial charge >= 0.3 is 0 Å². The van der Waals surface area contributed by atoms with Crippen molar-refractivity contribution in [3.8, 4) is 0 Å². The third-order valence-corrected chi connectivity index (χ3v) is 5.11. The first-order chi connectivity index (χ1) is 11.7. The fraction of sp³-hybridized carbons (Fsp3) is 0.947. The standard InChI is InChI=1S/C19H38N4O.HI/c1-3-20-18(22-17-19(2)11-10-16-24-19)21-12-6-4-7-13-23-14-8-5-9-15-23;/h3-17H2,1-2H3,(H2,20,21,22);1H. The molecule has 0 aromatic heterocycles. The summed E-state index contributed by atoms with van der Waals surface area (Å²) in [6.07, 6.45) is 10.3. The molecule has 148 valence electrons. The Morgan fingerprint density at radius 2 is 1.88 bits per heavy atom. The Labute approximate surface area is 171 Å². The van der Waals surface area contributed by atoms with Crippen LogP contribution in [0.5, 0.6) is 0 Å². The Morgan fingerprint density at radius 1 is 1.08 bits per heavy atom. The molecular formula is C19H39IN4O. The summed E-state index contributed by atoms with van der Waals surface area (Å²) in [6, 6.07) is 0. The second kappa shape index (κ2) is 13.1. The van der Waals surface area contributed by atoms with E-state index < -0.39 is 0 Å². The van der Waals surface area contributed by atoms with E-state index in [9.17, 15) is 0 Å². The molecule has 2 aliphatic rings. The smallest absolute Gasteiger partial charge is 0.191 e. The predicted octanol–water partition coefficient (Wildman–Crippen LogP) is 3.38. The van der Waals surface area contributed by atoms with Gasteiger partial charge in [-0.1, -0.05) is 12.8 Å². The Bertz CT molecular complexity index is 366. The minimum Gasteiger partial charge on any atom is -0.373 e. The number of nitrogens with zero attached hydrogens (tertiary/aromatic N) is 2. The zero-order chi connectivity index (χ0) is 17.1. The Morgan fingerprint density at radius 3 is 2.56 bits per heavy atom. The molecule has 1 atom stereocenters. The highest BCUT2D eigenvalue weighted by Gasteiger charge is 2.29. The van der Waals surface area contributed by atoms with E-state index in [2.05, 4.69) is 29.4 Å². The fourth-order valence-corrected chi connectivity index (χ4v) is 3.58. The lowest BCUT2D eigenvalue weighted by Crippen LogP contribution is -2.39. The van der Waals surface area contributed by atoms with Crippen LogP contribution in [0.3, 0.4) is 0 Å². The van der Waals surface area contributed by atoms with Crippen molar-refractivity contribution in [2.45, 2.75) is 70.8 Å². The average molecular weight is 466 g/mol. The number of nitrogens with one attached hydrogen (secondary N) is 2. The van der Waals surface area contributed by atoms with Crippen LogP contribution >= 0.6 is 24.0 Å². The molecule has 0 radical (unpaired) electrons. The highest BCUT2D eigenvalue weighted by molar-refractivity contribution is 14.0. The van der Waals surface area contributed by atoms with E-state index in [-0.39, 0.29) is 29.6 Å². The van der Waals surface area contributed by atoms with E-state index in [4.69, 9.17) is 9.73 Å². The first-order valence-electron chi connectivity index (χ1n) is 10.1. The van der Waals surface area contributed by atoms with Crippen molar-refractivity contribution in [2.75, 3.05) is 45.9 Å². The van der Waals surface area contributed by atoms with Crippen LogP contribution < -0.4 is 10.6 Å². The molecule has 2 N–H and O–H groups in total. The number of halogens is 1. The highest BCUT2D eigenvalue weighted by atomic mass is 127. The third-order valence-electron chi connectivity index (χ3n) is 5.11. The maximum Gasteiger partial charge on any atom is 0.191 e. The van der Waals surface area contributed by atoms with Gasteiger partial charge in [0.2, 0.25) is 0 Å². The highest BCUT2D eigenvalue weighted by Crippen LogP contribution is 2.24. The summed E-state index contributed by atoms with van der Waals surface area (Å²) < 4.78 is 5.82. The number of aliphatic imine (C=N–C) groups is 1. The molecule has 2 heterocycles. The van der Waals surface area contributed by atoms with Crippen LogP contribution in [-0.2, 0) is 4.74 Å². The predicted molar refractivity (Wildman–Crippen MR) is 117 cm³/mol. The van der Waals surface area contributed by atoms with Gasteiger partial charge in [-0.2, -0.15) is 0 Å². The summed E-state index contributed by atoms with van der Waals surface area (Å²) in [5.41, 5.74) is -0.0587. The largest absolute Gasteiger partial charge is 0.373 e. The van der Waals surface area contributed by atoms with Crippen molar-refractivity contribution in [3.63, 3.8) is 0 Å². The zero-order valence-corrected chi connectivity index (χ0v) is 18.6. The SMILES string of the molecule is CCNC(=NCC1(C)CCCO1)NCCCCCN1CCCCC1.I. The van der Waals surface area contributed by atoms with Crippen molar-refractivity contribution in [1.29, 1.82) is 0 Å². The van der Waals surface area contributed by atoms with E-state index in [1.807, 2.05) is 0 Å².